The highest BCUT2D eigenvalue weighted by Gasteiger charge is 2.27. The molecule has 0 fully saturated rings. The molecule has 2 rings (SSSR count). The molecule has 0 heterocycles. The fourth-order valence-corrected chi connectivity index (χ4v) is 2.81. The van der Waals surface area contributed by atoms with Crippen LogP contribution < -0.4 is 0 Å². The zero-order valence-electron chi connectivity index (χ0n) is 9.60. The highest BCUT2D eigenvalue weighted by molar-refractivity contribution is 9.10. The Morgan fingerprint density at radius 1 is 1.27 bits per heavy atom. The van der Waals surface area contributed by atoms with Crippen molar-refractivity contribution in [1.29, 1.82) is 0 Å². The van der Waals surface area contributed by atoms with E-state index in [1.54, 1.807) is 0 Å². The Kier molecular flexibility index (Phi) is 2.76. The zero-order valence-corrected chi connectivity index (χ0v) is 11.2. The molecule has 1 aromatic carbocycles. The Balaban J connectivity index is 2.55. The second-order valence-electron chi connectivity index (χ2n) is 5.13. The van der Waals surface area contributed by atoms with Crippen LogP contribution in [0.3, 0.4) is 0 Å². The summed E-state index contributed by atoms with van der Waals surface area (Å²) >= 11 is 3.55. The van der Waals surface area contributed by atoms with E-state index in [9.17, 15) is 0 Å². The summed E-state index contributed by atoms with van der Waals surface area (Å²) < 4.78 is 1.18. The van der Waals surface area contributed by atoms with Gasteiger partial charge >= 0.3 is 0 Å². The molecule has 0 nitrogen and oxygen atoms in total. The lowest BCUT2D eigenvalue weighted by Gasteiger charge is -2.33. The summed E-state index contributed by atoms with van der Waals surface area (Å²) in [6.45, 7) is 6.84. The number of rotatable bonds is 0. The molecule has 15 heavy (non-hydrogen) atoms. The summed E-state index contributed by atoms with van der Waals surface area (Å²) in [6, 6.07) is 6.65. The van der Waals surface area contributed by atoms with Crippen molar-refractivity contribution >= 4 is 21.5 Å². The molecule has 0 saturated heterocycles. The largest absolute Gasteiger partial charge is 0.0838 e. The van der Waals surface area contributed by atoms with Crippen LogP contribution in [0.15, 0.2) is 28.7 Å². The minimum Gasteiger partial charge on any atom is -0.0838 e. The smallest absolute Gasteiger partial charge is 0.0181 e. The molecular formula is C14H17Br. The van der Waals surface area contributed by atoms with Gasteiger partial charge in [-0.25, -0.2) is 0 Å². The molecule has 0 amide bonds. The van der Waals surface area contributed by atoms with Crippen molar-refractivity contribution in [2.24, 2.45) is 5.41 Å². The summed E-state index contributed by atoms with van der Waals surface area (Å²) in [7, 11) is 0. The van der Waals surface area contributed by atoms with Gasteiger partial charge in [0.15, 0.2) is 0 Å². The van der Waals surface area contributed by atoms with Gasteiger partial charge in [-0.2, -0.15) is 0 Å². The number of benzene rings is 1. The third-order valence-electron chi connectivity index (χ3n) is 3.10. The van der Waals surface area contributed by atoms with Crippen LogP contribution >= 0.6 is 15.9 Å². The highest BCUT2D eigenvalue weighted by Crippen LogP contribution is 2.41. The van der Waals surface area contributed by atoms with Gasteiger partial charge in [-0.15, -0.1) is 0 Å². The van der Waals surface area contributed by atoms with Crippen molar-refractivity contribution in [3.8, 4) is 0 Å². The summed E-state index contributed by atoms with van der Waals surface area (Å²) in [5.74, 6) is 0. The lowest BCUT2D eigenvalue weighted by atomic mass is 9.72. The van der Waals surface area contributed by atoms with Crippen LogP contribution in [0.25, 0.3) is 5.57 Å². The van der Waals surface area contributed by atoms with Gasteiger partial charge in [0.2, 0.25) is 0 Å². The summed E-state index contributed by atoms with van der Waals surface area (Å²) in [6.07, 6.45) is 4.63. The van der Waals surface area contributed by atoms with Crippen LogP contribution in [0.1, 0.15) is 38.3 Å². The first-order valence-electron chi connectivity index (χ1n) is 5.46. The topological polar surface area (TPSA) is 0 Å². The van der Waals surface area contributed by atoms with Gasteiger partial charge in [-0.3, -0.25) is 0 Å². The monoisotopic (exact) mass is 264 g/mol. The third kappa shape index (κ3) is 2.17. The van der Waals surface area contributed by atoms with Gasteiger partial charge in [-0.05, 0) is 54.0 Å². The first-order valence-corrected chi connectivity index (χ1v) is 6.25. The predicted molar refractivity (Wildman–Crippen MR) is 69.9 cm³/mol. The first-order chi connectivity index (χ1) is 7.02. The Hall–Kier alpha value is -0.560. The molecule has 0 aromatic heterocycles. The molecule has 1 aliphatic rings. The fourth-order valence-electron chi connectivity index (χ4n) is 2.45. The van der Waals surface area contributed by atoms with Crippen LogP contribution in [0.4, 0.5) is 0 Å². The molecule has 1 aromatic rings. The quantitative estimate of drug-likeness (QED) is 0.630. The average molecular weight is 265 g/mol. The Morgan fingerprint density at radius 3 is 2.67 bits per heavy atom. The van der Waals surface area contributed by atoms with Gasteiger partial charge in [0.1, 0.15) is 0 Å². The first kappa shape index (κ1) is 10.9. The molecule has 0 radical (unpaired) electrons. The van der Waals surface area contributed by atoms with Gasteiger partial charge in [0, 0.05) is 4.47 Å². The number of hydrogen-bond acceptors (Lipinski definition) is 0. The van der Waals surface area contributed by atoms with E-state index in [0.29, 0.717) is 5.41 Å². The predicted octanol–water partition coefficient (Wildman–Crippen LogP) is 4.82. The summed E-state index contributed by atoms with van der Waals surface area (Å²) in [5, 5.41) is 0. The van der Waals surface area contributed by atoms with E-state index in [1.807, 2.05) is 0 Å². The second-order valence-corrected chi connectivity index (χ2v) is 6.05. The standard InChI is InChI=1S/C14H17Br/c1-4-10-8-14(2,3)9-11-5-6-12(15)7-13(10)11/h4-7H,8-9H2,1-3H3/b10-4-. The Morgan fingerprint density at radius 2 is 2.00 bits per heavy atom. The molecule has 0 spiro atoms. The zero-order chi connectivity index (χ0) is 11.1. The van der Waals surface area contributed by atoms with Crippen LogP contribution in [0.5, 0.6) is 0 Å². The second kappa shape index (κ2) is 3.79. The maximum atomic E-state index is 3.55. The van der Waals surface area contributed by atoms with Crippen molar-refractivity contribution in [1.82, 2.24) is 0 Å². The van der Waals surface area contributed by atoms with Crippen LogP contribution in [0.2, 0.25) is 0 Å². The lowest BCUT2D eigenvalue weighted by molar-refractivity contribution is 0.365. The maximum Gasteiger partial charge on any atom is 0.0181 e. The minimum atomic E-state index is 0.405. The van der Waals surface area contributed by atoms with E-state index >= 15 is 0 Å². The van der Waals surface area contributed by atoms with Crippen molar-refractivity contribution in [2.75, 3.05) is 0 Å². The molecule has 0 saturated carbocycles. The molecule has 0 bridgehead atoms. The molecule has 1 heteroatoms. The van der Waals surface area contributed by atoms with Gasteiger partial charge in [-0.1, -0.05) is 41.9 Å². The van der Waals surface area contributed by atoms with E-state index in [-0.39, 0.29) is 0 Å². The van der Waals surface area contributed by atoms with E-state index < -0.39 is 0 Å². The van der Waals surface area contributed by atoms with Crippen molar-refractivity contribution < 1.29 is 0 Å². The maximum absolute atomic E-state index is 3.55. The normalized spacial score (nSPS) is 21.5. The van der Waals surface area contributed by atoms with Crippen LogP contribution in [-0.2, 0) is 6.42 Å². The molecule has 0 N–H and O–H groups in total. The van der Waals surface area contributed by atoms with Crippen LogP contribution in [-0.4, -0.2) is 0 Å². The summed E-state index contributed by atoms with van der Waals surface area (Å²) in [4.78, 5) is 0. The molecule has 0 unspecified atom stereocenters. The van der Waals surface area contributed by atoms with E-state index in [2.05, 4.69) is 61.0 Å². The van der Waals surface area contributed by atoms with Crippen LogP contribution in [0, 0.1) is 5.41 Å². The summed E-state index contributed by atoms with van der Waals surface area (Å²) in [5.41, 5.74) is 4.82. The molecule has 1 aliphatic carbocycles. The average Bonchev–Trinajstić information content (AvgIpc) is 2.16. The molecule has 80 valence electrons. The fraction of sp³-hybridized carbons (Fsp3) is 0.429. The number of fused-ring (bicyclic) bond motifs is 1. The minimum absolute atomic E-state index is 0.405. The van der Waals surface area contributed by atoms with Crippen molar-refractivity contribution in [2.45, 2.75) is 33.6 Å². The van der Waals surface area contributed by atoms with Crippen molar-refractivity contribution in [3.05, 3.63) is 39.9 Å². The Bertz CT molecular complexity index is 413. The van der Waals surface area contributed by atoms with E-state index in [0.717, 1.165) is 0 Å². The molecule has 0 aliphatic heterocycles. The van der Waals surface area contributed by atoms with Gasteiger partial charge < -0.3 is 0 Å². The SMILES string of the molecule is C/C=C1/CC(C)(C)Cc2ccc(Br)cc21. The number of halogens is 1. The molecular weight excluding hydrogens is 248 g/mol. The number of hydrogen-bond donors (Lipinski definition) is 0. The third-order valence-corrected chi connectivity index (χ3v) is 3.60. The van der Waals surface area contributed by atoms with E-state index in [4.69, 9.17) is 0 Å². The van der Waals surface area contributed by atoms with E-state index in [1.165, 1.54) is 34.0 Å². The van der Waals surface area contributed by atoms with Gasteiger partial charge in [0.25, 0.3) is 0 Å². The number of allylic oxidation sites excluding steroid dienone is 2. The van der Waals surface area contributed by atoms with Crippen molar-refractivity contribution in [3.63, 3.8) is 0 Å². The Labute approximate surface area is 101 Å². The lowest BCUT2D eigenvalue weighted by Crippen LogP contribution is -2.21. The molecule has 0 atom stereocenters. The highest BCUT2D eigenvalue weighted by atomic mass is 79.9. The van der Waals surface area contributed by atoms with Gasteiger partial charge in [0.05, 0.1) is 0 Å².